The molecule has 0 saturated heterocycles. The predicted molar refractivity (Wildman–Crippen MR) is 87.3 cm³/mol. The second kappa shape index (κ2) is 7.57. The van der Waals surface area contributed by atoms with Crippen LogP contribution in [0, 0.1) is 24.0 Å². The zero-order valence-corrected chi connectivity index (χ0v) is 12.9. The van der Waals surface area contributed by atoms with E-state index in [9.17, 15) is 18.7 Å². The van der Waals surface area contributed by atoms with Crippen LogP contribution in [0.5, 0.6) is 0 Å². The molecule has 24 heavy (non-hydrogen) atoms. The molecule has 2 atom stereocenters. The quantitative estimate of drug-likeness (QED) is 0.754. The van der Waals surface area contributed by atoms with Crippen LogP contribution in [0.15, 0.2) is 42.5 Å². The lowest BCUT2D eigenvalue weighted by Crippen LogP contribution is -2.39. The molecule has 2 amide bonds. The van der Waals surface area contributed by atoms with Gasteiger partial charge < -0.3 is 15.7 Å². The first-order valence-corrected chi connectivity index (χ1v) is 7.18. The Bertz CT molecular complexity index is 787. The normalized spacial score (nSPS) is 12.8. The van der Waals surface area contributed by atoms with Crippen molar-refractivity contribution in [3.63, 3.8) is 0 Å². The average molecular weight is 330 g/mol. The molecular formula is C18H16F2N2O2. The molecule has 4 nitrogen and oxygen atoms in total. The Morgan fingerprint density at radius 2 is 1.96 bits per heavy atom. The first-order valence-electron chi connectivity index (χ1n) is 7.18. The zero-order valence-electron chi connectivity index (χ0n) is 12.9. The summed E-state index contributed by atoms with van der Waals surface area (Å²) < 4.78 is 26.1. The lowest BCUT2D eigenvalue weighted by molar-refractivity contribution is 0.138. The maximum atomic E-state index is 13.2. The topological polar surface area (TPSA) is 61.4 Å². The van der Waals surface area contributed by atoms with Crippen molar-refractivity contribution >= 4 is 11.7 Å². The fourth-order valence-corrected chi connectivity index (χ4v) is 2.12. The SMILES string of the molecule is C#Cc1cccc(NC(=O)NC(C)C(O)c2ccc(F)c(F)c2)c1. The Hall–Kier alpha value is -2.91. The molecule has 0 radical (unpaired) electrons. The van der Waals surface area contributed by atoms with E-state index in [1.807, 2.05) is 0 Å². The Morgan fingerprint density at radius 1 is 1.21 bits per heavy atom. The number of carbonyl (C=O) groups excluding carboxylic acids is 1. The van der Waals surface area contributed by atoms with Gasteiger partial charge in [0.2, 0.25) is 0 Å². The van der Waals surface area contributed by atoms with Gasteiger partial charge in [-0.3, -0.25) is 0 Å². The number of hydrogen-bond acceptors (Lipinski definition) is 2. The molecule has 0 aromatic heterocycles. The number of aliphatic hydroxyl groups excluding tert-OH is 1. The molecule has 0 aliphatic heterocycles. The zero-order chi connectivity index (χ0) is 17.7. The number of benzene rings is 2. The van der Waals surface area contributed by atoms with E-state index in [0.29, 0.717) is 11.3 Å². The number of hydrogen-bond donors (Lipinski definition) is 3. The summed E-state index contributed by atoms with van der Waals surface area (Å²) in [5.41, 5.74) is 1.27. The lowest BCUT2D eigenvalue weighted by atomic mass is 10.0. The van der Waals surface area contributed by atoms with Gasteiger partial charge in [0, 0.05) is 11.3 Å². The summed E-state index contributed by atoms with van der Waals surface area (Å²) in [6.07, 6.45) is 4.10. The first kappa shape index (κ1) is 17.4. The Balaban J connectivity index is 1.99. The largest absolute Gasteiger partial charge is 0.386 e. The van der Waals surface area contributed by atoms with E-state index in [1.54, 1.807) is 31.2 Å². The predicted octanol–water partition coefficient (Wildman–Crippen LogP) is 3.19. The number of aliphatic hydroxyl groups is 1. The van der Waals surface area contributed by atoms with Crippen LogP contribution in [-0.2, 0) is 0 Å². The molecule has 2 aromatic rings. The number of amides is 2. The number of terminal acetylenes is 1. The number of rotatable bonds is 4. The van der Waals surface area contributed by atoms with E-state index in [4.69, 9.17) is 6.42 Å². The molecule has 0 fully saturated rings. The van der Waals surface area contributed by atoms with Crippen molar-refractivity contribution in [3.05, 3.63) is 65.2 Å². The monoisotopic (exact) mass is 330 g/mol. The third kappa shape index (κ3) is 4.31. The van der Waals surface area contributed by atoms with Gasteiger partial charge >= 0.3 is 6.03 Å². The highest BCUT2D eigenvalue weighted by Gasteiger charge is 2.19. The van der Waals surface area contributed by atoms with Crippen molar-refractivity contribution in [3.8, 4) is 12.3 Å². The molecule has 2 aromatic carbocycles. The van der Waals surface area contributed by atoms with Crippen LogP contribution in [0.2, 0.25) is 0 Å². The van der Waals surface area contributed by atoms with E-state index in [-0.39, 0.29) is 5.56 Å². The van der Waals surface area contributed by atoms with Crippen LogP contribution in [0.3, 0.4) is 0 Å². The van der Waals surface area contributed by atoms with Gasteiger partial charge in [0.1, 0.15) is 0 Å². The molecule has 0 bridgehead atoms. The van der Waals surface area contributed by atoms with E-state index in [0.717, 1.165) is 12.1 Å². The van der Waals surface area contributed by atoms with Gasteiger partial charge in [-0.15, -0.1) is 6.42 Å². The van der Waals surface area contributed by atoms with Crippen molar-refractivity contribution in [1.82, 2.24) is 5.32 Å². The summed E-state index contributed by atoms with van der Waals surface area (Å²) in [5.74, 6) is 0.390. The average Bonchev–Trinajstić information content (AvgIpc) is 2.56. The van der Waals surface area contributed by atoms with E-state index in [1.165, 1.54) is 6.07 Å². The summed E-state index contributed by atoms with van der Waals surface area (Å²) in [6.45, 7) is 1.55. The van der Waals surface area contributed by atoms with Crippen molar-refractivity contribution in [2.75, 3.05) is 5.32 Å². The Kier molecular flexibility index (Phi) is 5.51. The molecule has 0 spiro atoms. The highest BCUT2D eigenvalue weighted by Crippen LogP contribution is 2.19. The molecule has 6 heteroatoms. The van der Waals surface area contributed by atoms with Crippen molar-refractivity contribution < 1.29 is 18.7 Å². The third-order valence-corrected chi connectivity index (χ3v) is 3.40. The summed E-state index contributed by atoms with van der Waals surface area (Å²) >= 11 is 0. The minimum Gasteiger partial charge on any atom is -0.386 e. The van der Waals surface area contributed by atoms with Gasteiger partial charge in [-0.1, -0.05) is 18.1 Å². The molecule has 2 rings (SSSR count). The standard InChI is InChI=1S/C18H16F2N2O2/c1-3-12-5-4-6-14(9-12)22-18(24)21-11(2)17(23)13-7-8-15(19)16(20)10-13/h1,4-11,17,23H,2H3,(H2,21,22,24). The van der Waals surface area contributed by atoms with Gasteiger partial charge in [-0.2, -0.15) is 0 Å². The summed E-state index contributed by atoms with van der Waals surface area (Å²) in [7, 11) is 0. The van der Waals surface area contributed by atoms with Crippen LogP contribution in [-0.4, -0.2) is 17.2 Å². The number of carbonyl (C=O) groups is 1. The number of halogens is 2. The van der Waals surface area contributed by atoms with Crippen LogP contribution < -0.4 is 10.6 Å². The maximum absolute atomic E-state index is 13.2. The van der Waals surface area contributed by atoms with Crippen molar-refractivity contribution in [2.45, 2.75) is 19.1 Å². The molecule has 0 heterocycles. The van der Waals surface area contributed by atoms with Crippen LogP contribution in [0.1, 0.15) is 24.2 Å². The Labute approximate surface area is 138 Å². The first-order chi connectivity index (χ1) is 11.4. The summed E-state index contributed by atoms with van der Waals surface area (Å²) in [5, 5.41) is 15.3. The number of nitrogens with one attached hydrogen (secondary N) is 2. The van der Waals surface area contributed by atoms with E-state index < -0.39 is 29.8 Å². The second-order valence-corrected chi connectivity index (χ2v) is 5.23. The fourth-order valence-electron chi connectivity index (χ4n) is 2.12. The minimum absolute atomic E-state index is 0.163. The molecular weight excluding hydrogens is 314 g/mol. The van der Waals surface area contributed by atoms with Gasteiger partial charge in [0.05, 0.1) is 12.1 Å². The molecule has 0 aliphatic carbocycles. The third-order valence-electron chi connectivity index (χ3n) is 3.40. The highest BCUT2D eigenvalue weighted by atomic mass is 19.2. The number of anilines is 1. The van der Waals surface area contributed by atoms with Crippen molar-refractivity contribution in [2.24, 2.45) is 0 Å². The number of urea groups is 1. The molecule has 124 valence electrons. The molecule has 0 saturated carbocycles. The lowest BCUT2D eigenvalue weighted by Gasteiger charge is -2.21. The van der Waals surface area contributed by atoms with E-state index in [2.05, 4.69) is 16.6 Å². The molecule has 0 aliphatic rings. The van der Waals surface area contributed by atoms with Gasteiger partial charge in [-0.25, -0.2) is 13.6 Å². The smallest absolute Gasteiger partial charge is 0.319 e. The maximum Gasteiger partial charge on any atom is 0.319 e. The van der Waals surface area contributed by atoms with Gasteiger partial charge in [-0.05, 0) is 42.8 Å². The molecule has 2 unspecified atom stereocenters. The van der Waals surface area contributed by atoms with Crippen LogP contribution >= 0.6 is 0 Å². The minimum atomic E-state index is -1.19. The summed E-state index contributed by atoms with van der Waals surface area (Å²) in [6, 6.07) is 8.49. The fraction of sp³-hybridized carbons (Fsp3) is 0.167. The van der Waals surface area contributed by atoms with E-state index >= 15 is 0 Å². The highest BCUT2D eigenvalue weighted by molar-refractivity contribution is 5.89. The molecule has 3 N–H and O–H groups in total. The van der Waals surface area contributed by atoms with Gasteiger partial charge in [0.25, 0.3) is 0 Å². The van der Waals surface area contributed by atoms with Crippen molar-refractivity contribution in [1.29, 1.82) is 0 Å². The second-order valence-electron chi connectivity index (χ2n) is 5.23. The van der Waals surface area contributed by atoms with Crippen LogP contribution in [0.4, 0.5) is 19.3 Å². The Morgan fingerprint density at radius 3 is 2.62 bits per heavy atom. The van der Waals surface area contributed by atoms with Gasteiger partial charge in [0.15, 0.2) is 11.6 Å². The summed E-state index contributed by atoms with van der Waals surface area (Å²) in [4.78, 5) is 12.0. The van der Waals surface area contributed by atoms with Crippen LogP contribution in [0.25, 0.3) is 0 Å².